The van der Waals surface area contributed by atoms with Crippen LogP contribution in [0.5, 0.6) is 17.2 Å². The molecule has 6 N–H and O–H groups in total. The van der Waals surface area contributed by atoms with Gasteiger partial charge in [0.05, 0.1) is 39.6 Å². The predicted octanol–water partition coefficient (Wildman–Crippen LogP) is -0.902. The number of carbonyl (C=O) groups excluding carboxylic acids is 1. The van der Waals surface area contributed by atoms with Crippen molar-refractivity contribution in [2.24, 2.45) is 0 Å². The first-order chi connectivity index (χ1) is 20.1. The summed E-state index contributed by atoms with van der Waals surface area (Å²) in [6.45, 7) is -1.36. The fraction of sp³-hybridized carbons (Fsp3) is 0.536. The Balaban J connectivity index is 1.27. The van der Waals surface area contributed by atoms with Crippen molar-refractivity contribution in [3.05, 3.63) is 53.6 Å². The summed E-state index contributed by atoms with van der Waals surface area (Å²) >= 11 is 0. The quantitative estimate of drug-likeness (QED) is 0.164. The summed E-state index contributed by atoms with van der Waals surface area (Å²) in [7, 11) is 2.86. The lowest BCUT2D eigenvalue weighted by atomic mass is 9.99. The van der Waals surface area contributed by atoms with Crippen molar-refractivity contribution in [2.75, 3.05) is 40.6 Å². The van der Waals surface area contributed by atoms with Crippen molar-refractivity contribution < 1.29 is 68.6 Å². The van der Waals surface area contributed by atoms with Gasteiger partial charge in [-0.15, -0.1) is 0 Å². The molecule has 0 aromatic heterocycles. The van der Waals surface area contributed by atoms with E-state index in [0.29, 0.717) is 17.9 Å². The molecule has 2 fully saturated rings. The summed E-state index contributed by atoms with van der Waals surface area (Å²) in [5.41, 5.74) is -1.02. The Kier molecular flexibility index (Phi) is 10.6. The number of phenolic OH excluding ortho intramolecular Hbond substituents is 1. The lowest BCUT2D eigenvalue weighted by Crippen LogP contribution is -2.59. The highest BCUT2D eigenvalue weighted by Crippen LogP contribution is 2.30. The molecule has 2 heterocycles. The molecule has 0 amide bonds. The molecule has 42 heavy (non-hydrogen) atoms. The third-order valence-electron chi connectivity index (χ3n) is 7.08. The second kappa shape index (κ2) is 13.9. The molecule has 0 spiro atoms. The number of aliphatic hydroxyl groups is 5. The van der Waals surface area contributed by atoms with Crippen molar-refractivity contribution in [1.82, 2.24) is 0 Å². The van der Waals surface area contributed by atoms with Gasteiger partial charge >= 0.3 is 5.97 Å². The van der Waals surface area contributed by atoms with Gasteiger partial charge in [-0.05, 0) is 42.3 Å². The molecular formula is C28H36O14. The largest absolute Gasteiger partial charge is 0.508 e. The van der Waals surface area contributed by atoms with Crippen LogP contribution in [0.1, 0.15) is 15.9 Å². The third kappa shape index (κ3) is 7.29. The number of carbonyl (C=O) groups is 1. The van der Waals surface area contributed by atoms with Gasteiger partial charge in [-0.1, -0.05) is 12.1 Å². The second-order valence-corrected chi connectivity index (χ2v) is 10.0. The molecule has 0 aliphatic carbocycles. The van der Waals surface area contributed by atoms with Crippen LogP contribution in [0, 0.1) is 0 Å². The molecule has 8 atom stereocenters. The van der Waals surface area contributed by atoms with E-state index in [1.54, 1.807) is 12.1 Å². The van der Waals surface area contributed by atoms with E-state index in [1.165, 1.54) is 44.6 Å². The van der Waals surface area contributed by atoms with Crippen LogP contribution in [0.2, 0.25) is 0 Å². The lowest BCUT2D eigenvalue weighted by Gasteiger charge is -2.40. The average Bonchev–Trinajstić information content (AvgIpc) is 3.28. The number of benzene rings is 2. The van der Waals surface area contributed by atoms with Crippen LogP contribution in [0.4, 0.5) is 0 Å². The van der Waals surface area contributed by atoms with E-state index < -0.39 is 74.5 Å². The van der Waals surface area contributed by atoms with E-state index in [4.69, 9.17) is 33.2 Å². The molecule has 2 saturated heterocycles. The van der Waals surface area contributed by atoms with Crippen LogP contribution >= 0.6 is 0 Å². The summed E-state index contributed by atoms with van der Waals surface area (Å²) < 4.78 is 37.6. The van der Waals surface area contributed by atoms with E-state index in [2.05, 4.69) is 0 Å². The average molecular weight is 597 g/mol. The maximum atomic E-state index is 12.5. The number of hydrogen-bond donors (Lipinski definition) is 6. The smallest absolute Gasteiger partial charge is 0.338 e. The second-order valence-electron chi connectivity index (χ2n) is 10.0. The third-order valence-corrected chi connectivity index (χ3v) is 7.08. The minimum absolute atomic E-state index is 0.0996. The molecule has 0 unspecified atom stereocenters. The van der Waals surface area contributed by atoms with Crippen LogP contribution in [0.25, 0.3) is 0 Å². The first kappa shape index (κ1) is 31.9. The van der Waals surface area contributed by atoms with Crippen LogP contribution in [0.3, 0.4) is 0 Å². The fourth-order valence-electron chi connectivity index (χ4n) is 4.50. The zero-order chi connectivity index (χ0) is 30.4. The number of phenols is 1. The van der Waals surface area contributed by atoms with E-state index >= 15 is 0 Å². The summed E-state index contributed by atoms with van der Waals surface area (Å²) in [5.74, 6) is 0.0474. The number of esters is 1. The van der Waals surface area contributed by atoms with Gasteiger partial charge in [0, 0.05) is 0 Å². The number of rotatable bonds is 12. The molecule has 2 aliphatic rings. The Morgan fingerprint density at radius 2 is 1.64 bits per heavy atom. The molecule has 4 rings (SSSR count). The van der Waals surface area contributed by atoms with Gasteiger partial charge in [-0.3, -0.25) is 0 Å². The van der Waals surface area contributed by atoms with Crippen molar-refractivity contribution in [3.63, 3.8) is 0 Å². The Labute approximate surface area is 241 Å². The van der Waals surface area contributed by atoms with Crippen LogP contribution in [-0.2, 0) is 30.1 Å². The number of methoxy groups -OCH3 is 2. The summed E-state index contributed by atoms with van der Waals surface area (Å²) in [6, 6.07) is 10.8. The molecular weight excluding hydrogens is 560 g/mol. The standard InChI is InChI=1S/C28H36O14/c1-36-18-8-5-16(11-19(18)37-2)25(34)40-13-28(35)14-41-27(24(28)33)39-12-20-21(30)22(31)23(32)26(42-20)38-10-9-15-3-6-17(29)7-4-15/h3-8,11,20-24,26-27,29-33,35H,9-10,12-14H2,1-2H3/t20-,21-,22+,23-,24+,26-,27-,28-/m1/s1. The summed E-state index contributed by atoms with van der Waals surface area (Å²) in [4.78, 5) is 12.5. The van der Waals surface area contributed by atoms with Gasteiger partial charge in [0.1, 0.15) is 42.9 Å². The predicted molar refractivity (Wildman–Crippen MR) is 141 cm³/mol. The molecule has 0 bridgehead atoms. The van der Waals surface area contributed by atoms with Gasteiger partial charge in [0.2, 0.25) is 0 Å². The first-order valence-electron chi connectivity index (χ1n) is 13.2. The minimum Gasteiger partial charge on any atom is -0.508 e. The Hall–Kier alpha value is -3.05. The van der Waals surface area contributed by atoms with Crippen molar-refractivity contribution >= 4 is 5.97 Å². The topological polar surface area (TPSA) is 203 Å². The fourth-order valence-corrected chi connectivity index (χ4v) is 4.50. The SMILES string of the molecule is COc1ccc(C(=O)OC[C@@]2(O)CO[C@@H](OC[C@H]3O[C@@H](OCCc4ccc(O)cc4)[C@H](O)[C@@H](O)[C@@H]3O)[C@@H]2O)cc1OC. The number of aliphatic hydroxyl groups excluding tert-OH is 4. The zero-order valence-corrected chi connectivity index (χ0v) is 23.1. The van der Waals surface area contributed by atoms with Crippen LogP contribution in [0.15, 0.2) is 42.5 Å². The van der Waals surface area contributed by atoms with Gasteiger partial charge in [-0.2, -0.15) is 0 Å². The van der Waals surface area contributed by atoms with E-state index in [1.807, 2.05) is 0 Å². The highest BCUT2D eigenvalue weighted by molar-refractivity contribution is 5.90. The van der Waals surface area contributed by atoms with E-state index in [9.17, 15) is 35.4 Å². The van der Waals surface area contributed by atoms with Crippen LogP contribution < -0.4 is 9.47 Å². The number of ether oxygens (including phenoxy) is 7. The van der Waals surface area contributed by atoms with Crippen molar-refractivity contribution in [3.8, 4) is 17.2 Å². The maximum Gasteiger partial charge on any atom is 0.338 e. The number of hydrogen-bond acceptors (Lipinski definition) is 14. The molecule has 2 aromatic carbocycles. The molecule has 14 nitrogen and oxygen atoms in total. The van der Waals surface area contributed by atoms with Gasteiger partial charge < -0.3 is 63.8 Å². The highest BCUT2D eigenvalue weighted by atomic mass is 16.7. The van der Waals surface area contributed by atoms with E-state index in [0.717, 1.165) is 5.56 Å². The van der Waals surface area contributed by atoms with Gasteiger partial charge in [0.15, 0.2) is 29.7 Å². The Morgan fingerprint density at radius 1 is 0.929 bits per heavy atom. The maximum absolute atomic E-state index is 12.5. The molecule has 0 saturated carbocycles. The minimum atomic E-state index is -2.00. The molecule has 14 heteroatoms. The Morgan fingerprint density at radius 3 is 2.33 bits per heavy atom. The van der Waals surface area contributed by atoms with E-state index in [-0.39, 0.29) is 17.9 Å². The highest BCUT2D eigenvalue weighted by Gasteiger charge is 2.51. The monoisotopic (exact) mass is 596 g/mol. The van der Waals surface area contributed by atoms with Crippen molar-refractivity contribution in [2.45, 2.75) is 55.1 Å². The van der Waals surface area contributed by atoms with Gasteiger partial charge in [-0.25, -0.2) is 4.79 Å². The molecule has 2 aliphatic heterocycles. The number of aromatic hydroxyl groups is 1. The summed E-state index contributed by atoms with van der Waals surface area (Å²) in [5, 5.41) is 61.9. The van der Waals surface area contributed by atoms with Crippen molar-refractivity contribution in [1.29, 1.82) is 0 Å². The molecule has 0 radical (unpaired) electrons. The Bertz CT molecular complexity index is 1180. The van der Waals surface area contributed by atoms with Crippen LogP contribution in [-0.4, -0.2) is 126 Å². The van der Waals surface area contributed by atoms with Gasteiger partial charge in [0.25, 0.3) is 0 Å². The first-order valence-corrected chi connectivity index (χ1v) is 13.2. The normalized spacial score (nSPS) is 31.1. The zero-order valence-electron chi connectivity index (χ0n) is 23.1. The summed E-state index contributed by atoms with van der Waals surface area (Å²) in [6.07, 6.45) is -9.82. The molecule has 232 valence electrons. The lowest BCUT2D eigenvalue weighted by molar-refractivity contribution is -0.309. The molecule has 2 aromatic rings.